The van der Waals surface area contributed by atoms with Crippen LogP contribution in [0.4, 0.5) is 5.82 Å². The summed E-state index contributed by atoms with van der Waals surface area (Å²) in [4.78, 5) is 16.6. The molecule has 0 atom stereocenters. The van der Waals surface area contributed by atoms with Gasteiger partial charge in [-0.2, -0.15) is 5.26 Å². The number of rotatable bonds is 6. The van der Waals surface area contributed by atoms with Crippen LogP contribution >= 0.6 is 11.6 Å². The molecule has 1 aliphatic carbocycles. The van der Waals surface area contributed by atoms with E-state index >= 15 is 0 Å². The summed E-state index contributed by atoms with van der Waals surface area (Å²) in [6, 6.07) is 13.0. The van der Waals surface area contributed by atoms with Gasteiger partial charge in [0.05, 0.1) is 11.0 Å². The molecule has 0 saturated heterocycles. The summed E-state index contributed by atoms with van der Waals surface area (Å²) >= 11 is 6.03. The first-order chi connectivity index (χ1) is 11.7. The predicted octanol–water partition coefficient (Wildman–Crippen LogP) is 2.87. The van der Waals surface area contributed by atoms with Crippen molar-refractivity contribution in [1.82, 2.24) is 10.3 Å². The Morgan fingerprint density at radius 3 is 2.83 bits per heavy atom. The second-order valence-corrected chi connectivity index (χ2v) is 6.22. The van der Waals surface area contributed by atoms with Crippen molar-refractivity contribution >= 4 is 23.3 Å². The number of carbonyl (C=O) groups excluding carboxylic acids is 1. The third kappa shape index (κ3) is 3.34. The summed E-state index contributed by atoms with van der Waals surface area (Å²) in [6.07, 6.45) is 3.30. The summed E-state index contributed by atoms with van der Waals surface area (Å²) in [5, 5.41) is 15.7. The molecule has 0 bridgehead atoms. The number of benzene rings is 1. The van der Waals surface area contributed by atoms with Crippen molar-refractivity contribution in [3.63, 3.8) is 0 Å². The van der Waals surface area contributed by atoms with E-state index in [0.29, 0.717) is 29.5 Å². The highest BCUT2D eigenvalue weighted by atomic mass is 35.5. The highest BCUT2D eigenvalue weighted by molar-refractivity contribution is 6.30. The van der Waals surface area contributed by atoms with Gasteiger partial charge in [0, 0.05) is 24.3 Å². The predicted molar refractivity (Wildman–Crippen MR) is 92.8 cm³/mol. The number of hydrogen-bond donors (Lipinski definition) is 2. The van der Waals surface area contributed by atoms with Gasteiger partial charge in [0.2, 0.25) is 5.91 Å². The van der Waals surface area contributed by atoms with Gasteiger partial charge in [-0.05, 0) is 42.7 Å². The fourth-order valence-electron chi connectivity index (χ4n) is 2.72. The standard InChI is InChI=1S/C18H17ClN4O/c19-15-5-1-4-14(11-15)18(6-7-18)17(24)23-10-9-22-16-13(12-20)3-2-8-21-16/h1-5,8,11H,6-7,9-10H2,(H,21,22)(H,23,24). The summed E-state index contributed by atoms with van der Waals surface area (Å²) in [7, 11) is 0. The fraction of sp³-hybridized carbons (Fsp3) is 0.278. The Hall–Kier alpha value is -2.58. The Kier molecular flexibility index (Phi) is 4.68. The van der Waals surface area contributed by atoms with Gasteiger partial charge in [-0.3, -0.25) is 4.79 Å². The summed E-state index contributed by atoms with van der Waals surface area (Å²) in [5.74, 6) is 0.554. The molecular weight excluding hydrogens is 324 g/mol. The molecule has 1 aromatic heterocycles. The van der Waals surface area contributed by atoms with E-state index in [-0.39, 0.29) is 5.91 Å². The first kappa shape index (κ1) is 16.3. The second kappa shape index (κ2) is 6.90. The van der Waals surface area contributed by atoms with E-state index in [1.165, 1.54) is 0 Å². The monoisotopic (exact) mass is 340 g/mol. The molecule has 2 aromatic rings. The summed E-state index contributed by atoms with van der Waals surface area (Å²) in [5.41, 5.74) is 1.02. The SMILES string of the molecule is N#Cc1cccnc1NCCNC(=O)C1(c2cccc(Cl)c2)CC1. The first-order valence-electron chi connectivity index (χ1n) is 7.79. The Bertz CT molecular complexity index is 796. The van der Waals surface area contributed by atoms with Crippen LogP contribution in [0.1, 0.15) is 24.0 Å². The average Bonchev–Trinajstić information content (AvgIpc) is 3.41. The molecular formula is C18H17ClN4O. The van der Waals surface area contributed by atoms with Crippen LogP contribution in [0.25, 0.3) is 0 Å². The maximum absolute atomic E-state index is 12.5. The van der Waals surface area contributed by atoms with Gasteiger partial charge in [0.15, 0.2) is 0 Å². The van der Waals surface area contributed by atoms with Crippen molar-refractivity contribution in [2.24, 2.45) is 0 Å². The Labute approximate surface area is 145 Å². The van der Waals surface area contributed by atoms with E-state index in [1.807, 2.05) is 24.3 Å². The van der Waals surface area contributed by atoms with Crippen molar-refractivity contribution in [2.45, 2.75) is 18.3 Å². The average molecular weight is 341 g/mol. The molecule has 1 amide bonds. The fourth-order valence-corrected chi connectivity index (χ4v) is 2.91. The lowest BCUT2D eigenvalue weighted by molar-refractivity contribution is -0.123. The third-order valence-corrected chi connectivity index (χ3v) is 4.43. The van der Waals surface area contributed by atoms with Crippen LogP contribution in [-0.2, 0) is 10.2 Å². The molecule has 1 aliphatic rings. The zero-order valence-electron chi connectivity index (χ0n) is 13.1. The molecule has 0 aliphatic heterocycles. The van der Waals surface area contributed by atoms with E-state index in [2.05, 4.69) is 21.7 Å². The molecule has 122 valence electrons. The smallest absolute Gasteiger partial charge is 0.230 e. The van der Waals surface area contributed by atoms with E-state index in [1.54, 1.807) is 18.3 Å². The summed E-state index contributed by atoms with van der Waals surface area (Å²) < 4.78 is 0. The largest absolute Gasteiger partial charge is 0.367 e. The number of hydrogen-bond acceptors (Lipinski definition) is 4. The zero-order chi connectivity index (χ0) is 17.0. The van der Waals surface area contributed by atoms with Crippen LogP contribution in [0, 0.1) is 11.3 Å². The van der Waals surface area contributed by atoms with Crippen molar-refractivity contribution in [3.05, 3.63) is 58.7 Å². The molecule has 1 fully saturated rings. The normalized spacial score (nSPS) is 14.5. The molecule has 1 heterocycles. The highest BCUT2D eigenvalue weighted by Crippen LogP contribution is 2.48. The van der Waals surface area contributed by atoms with Gasteiger partial charge in [-0.25, -0.2) is 4.98 Å². The zero-order valence-corrected chi connectivity index (χ0v) is 13.8. The number of pyridine rings is 1. The molecule has 6 heteroatoms. The van der Waals surface area contributed by atoms with Gasteiger partial charge in [-0.15, -0.1) is 0 Å². The lowest BCUT2D eigenvalue weighted by Gasteiger charge is -2.16. The first-order valence-corrected chi connectivity index (χ1v) is 8.17. The molecule has 1 aromatic carbocycles. The second-order valence-electron chi connectivity index (χ2n) is 5.79. The number of aromatic nitrogens is 1. The van der Waals surface area contributed by atoms with Crippen LogP contribution in [0.5, 0.6) is 0 Å². The number of nitrogens with one attached hydrogen (secondary N) is 2. The van der Waals surface area contributed by atoms with Gasteiger partial charge < -0.3 is 10.6 Å². The van der Waals surface area contributed by atoms with Gasteiger partial charge >= 0.3 is 0 Å². The number of amides is 1. The Morgan fingerprint density at radius 1 is 1.29 bits per heavy atom. The molecule has 3 rings (SSSR count). The minimum atomic E-state index is -0.437. The lowest BCUT2D eigenvalue weighted by atomic mass is 9.95. The van der Waals surface area contributed by atoms with Crippen LogP contribution < -0.4 is 10.6 Å². The molecule has 5 nitrogen and oxygen atoms in total. The third-order valence-electron chi connectivity index (χ3n) is 4.19. The van der Waals surface area contributed by atoms with Crippen LogP contribution in [0.3, 0.4) is 0 Å². The van der Waals surface area contributed by atoms with Crippen LogP contribution in [0.15, 0.2) is 42.6 Å². The highest BCUT2D eigenvalue weighted by Gasteiger charge is 2.51. The van der Waals surface area contributed by atoms with Crippen LogP contribution in [-0.4, -0.2) is 24.0 Å². The van der Waals surface area contributed by atoms with Crippen molar-refractivity contribution in [3.8, 4) is 6.07 Å². The van der Waals surface area contributed by atoms with E-state index in [4.69, 9.17) is 16.9 Å². The maximum atomic E-state index is 12.5. The Balaban J connectivity index is 1.54. The topological polar surface area (TPSA) is 77.8 Å². The van der Waals surface area contributed by atoms with Crippen molar-refractivity contribution in [2.75, 3.05) is 18.4 Å². The van der Waals surface area contributed by atoms with E-state index < -0.39 is 5.41 Å². The quantitative estimate of drug-likeness (QED) is 0.793. The number of nitriles is 1. The number of halogens is 1. The van der Waals surface area contributed by atoms with Gasteiger partial charge in [-0.1, -0.05) is 23.7 Å². The number of nitrogens with zero attached hydrogens (tertiary/aromatic N) is 2. The molecule has 0 unspecified atom stereocenters. The van der Waals surface area contributed by atoms with E-state index in [0.717, 1.165) is 18.4 Å². The maximum Gasteiger partial charge on any atom is 0.230 e. The summed E-state index contributed by atoms with van der Waals surface area (Å²) in [6.45, 7) is 0.964. The van der Waals surface area contributed by atoms with Gasteiger partial charge in [0.25, 0.3) is 0 Å². The minimum Gasteiger partial charge on any atom is -0.367 e. The molecule has 24 heavy (non-hydrogen) atoms. The van der Waals surface area contributed by atoms with Gasteiger partial charge in [0.1, 0.15) is 11.9 Å². The van der Waals surface area contributed by atoms with E-state index in [9.17, 15) is 4.79 Å². The van der Waals surface area contributed by atoms with Crippen molar-refractivity contribution < 1.29 is 4.79 Å². The Morgan fingerprint density at radius 2 is 2.12 bits per heavy atom. The number of carbonyl (C=O) groups is 1. The minimum absolute atomic E-state index is 0.0214. The molecule has 0 radical (unpaired) electrons. The molecule has 1 saturated carbocycles. The van der Waals surface area contributed by atoms with Crippen LogP contribution in [0.2, 0.25) is 5.02 Å². The lowest BCUT2D eigenvalue weighted by Crippen LogP contribution is -2.37. The number of anilines is 1. The molecule has 0 spiro atoms. The molecule has 2 N–H and O–H groups in total. The van der Waals surface area contributed by atoms with Crippen molar-refractivity contribution in [1.29, 1.82) is 5.26 Å².